The molecule has 1 aliphatic carbocycles. The first kappa shape index (κ1) is 22.8. The van der Waals surface area contributed by atoms with Gasteiger partial charge in [0, 0.05) is 30.8 Å². The molecule has 1 unspecified atom stereocenters. The molecule has 1 fully saturated rings. The van der Waals surface area contributed by atoms with E-state index in [4.69, 9.17) is 4.74 Å². The van der Waals surface area contributed by atoms with E-state index in [0.717, 1.165) is 37.1 Å². The Morgan fingerprint density at radius 1 is 1.29 bits per heavy atom. The van der Waals surface area contributed by atoms with Crippen molar-refractivity contribution >= 4 is 17.7 Å². The van der Waals surface area contributed by atoms with Gasteiger partial charge in [-0.2, -0.15) is 10.2 Å². The van der Waals surface area contributed by atoms with Crippen LogP contribution in [0.5, 0.6) is 0 Å². The van der Waals surface area contributed by atoms with Crippen LogP contribution in [0.4, 0.5) is 10.6 Å². The van der Waals surface area contributed by atoms with Gasteiger partial charge in [0.05, 0.1) is 12.2 Å². The first-order valence-corrected chi connectivity index (χ1v) is 11.1. The van der Waals surface area contributed by atoms with E-state index in [1.54, 1.807) is 11.7 Å². The summed E-state index contributed by atoms with van der Waals surface area (Å²) in [6, 6.07) is 3.87. The molecule has 3 N–H and O–H groups in total. The Kier molecular flexibility index (Phi) is 7.35. The fourth-order valence-electron chi connectivity index (χ4n) is 3.85. The molecule has 1 saturated carbocycles. The van der Waals surface area contributed by atoms with Gasteiger partial charge in [0.2, 0.25) is 0 Å². The monoisotopic (exact) mass is 430 g/mol. The molecule has 9 nitrogen and oxygen atoms in total. The number of nitrogens with one attached hydrogen (secondary N) is 3. The third kappa shape index (κ3) is 5.86. The Labute approximate surface area is 183 Å². The molecule has 1 amide bonds. The lowest BCUT2D eigenvalue weighted by atomic mass is 10.0. The highest BCUT2D eigenvalue weighted by Crippen LogP contribution is 2.35. The van der Waals surface area contributed by atoms with E-state index in [1.165, 1.54) is 0 Å². The highest BCUT2D eigenvalue weighted by molar-refractivity contribution is 5.97. The second kappa shape index (κ2) is 9.98. The molecule has 3 atom stereocenters. The van der Waals surface area contributed by atoms with E-state index in [1.807, 2.05) is 26.0 Å². The average molecular weight is 431 g/mol. The Balaban J connectivity index is 1.51. The zero-order valence-corrected chi connectivity index (χ0v) is 19.1. The largest absolute Gasteiger partial charge is 0.446 e. The van der Waals surface area contributed by atoms with E-state index in [2.05, 4.69) is 39.8 Å². The summed E-state index contributed by atoms with van der Waals surface area (Å²) in [5, 5.41) is 17.7. The number of aryl methyl sites for hydroxylation is 1. The number of hydrogen-bond donors (Lipinski definition) is 3. The zero-order valence-electron chi connectivity index (χ0n) is 19.1. The molecular formula is C22H34N6O3. The van der Waals surface area contributed by atoms with E-state index < -0.39 is 0 Å². The molecule has 9 heteroatoms. The molecule has 0 aromatic carbocycles. The number of alkyl carbamates (subject to hydrolysis) is 1. The second-order valence-electron chi connectivity index (χ2n) is 8.71. The normalized spacial score (nSPS) is 19.4. The minimum absolute atomic E-state index is 0.0281. The van der Waals surface area contributed by atoms with Gasteiger partial charge < -0.3 is 15.4 Å². The van der Waals surface area contributed by atoms with Gasteiger partial charge >= 0.3 is 6.09 Å². The molecule has 170 valence electrons. The molecule has 2 aromatic heterocycles. The number of anilines is 1. The van der Waals surface area contributed by atoms with E-state index >= 15 is 0 Å². The standard InChI is InChI=1S/C22H34N6O3/c1-6-14(4)17-10-19(28(5)27-17)20(29)12-23-21-11-18(25-26-21)15-7-8-16(9-15)31-22(30)24-13(2)3/h10-11,13-16H,6-9,12H2,1-5H3,(H,24,30)(H2,23,25,26)/t14?,15-,16+/m0/s1. The Hall–Kier alpha value is -2.84. The number of H-pyrrole nitrogens is 1. The Morgan fingerprint density at radius 2 is 2.06 bits per heavy atom. The lowest BCUT2D eigenvalue weighted by Crippen LogP contribution is -2.33. The summed E-state index contributed by atoms with van der Waals surface area (Å²) in [6.07, 6.45) is 3.05. The highest BCUT2D eigenvalue weighted by atomic mass is 16.6. The molecule has 0 radical (unpaired) electrons. The number of ketones is 1. The van der Waals surface area contributed by atoms with Crippen LogP contribution < -0.4 is 10.6 Å². The number of aromatic amines is 1. The van der Waals surface area contributed by atoms with Crippen molar-refractivity contribution in [3.05, 3.63) is 29.2 Å². The summed E-state index contributed by atoms with van der Waals surface area (Å²) in [5.74, 6) is 1.19. The van der Waals surface area contributed by atoms with Crippen molar-refractivity contribution < 1.29 is 14.3 Å². The van der Waals surface area contributed by atoms with Crippen LogP contribution in [0.15, 0.2) is 12.1 Å². The number of rotatable bonds is 9. The number of ether oxygens (including phenoxy) is 1. The highest BCUT2D eigenvalue weighted by Gasteiger charge is 2.30. The molecule has 3 rings (SSSR count). The minimum atomic E-state index is -0.363. The maximum atomic E-state index is 12.6. The van der Waals surface area contributed by atoms with Crippen LogP contribution in [0, 0.1) is 0 Å². The van der Waals surface area contributed by atoms with Crippen LogP contribution in [-0.4, -0.2) is 50.5 Å². The van der Waals surface area contributed by atoms with Crippen molar-refractivity contribution in [2.75, 3.05) is 11.9 Å². The van der Waals surface area contributed by atoms with Crippen LogP contribution in [0.3, 0.4) is 0 Å². The predicted octanol–water partition coefficient (Wildman–Crippen LogP) is 3.72. The van der Waals surface area contributed by atoms with Crippen molar-refractivity contribution in [2.45, 2.75) is 77.4 Å². The lowest BCUT2D eigenvalue weighted by Gasteiger charge is -2.14. The number of Topliss-reactive ketones (excluding diaryl/α,β-unsaturated/α-hetero) is 1. The summed E-state index contributed by atoms with van der Waals surface area (Å²) in [4.78, 5) is 24.4. The first-order valence-electron chi connectivity index (χ1n) is 11.1. The van der Waals surface area contributed by atoms with E-state index in [-0.39, 0.29) is 36.5 Å². The maximum absolute atomic E-state index is 12.6. The van der Waals surface area contributed by atoms with E-state index in [0.29, 0.717) is 17.4 Å². The lowest BCUT2D eigenvalue weighted by molar-refractivity contribution is 0.0977. The van der Waals surface area contributed by atoms with Gasteiger partial charge in [0.1, 0.15) is 17.6 Å². The van der Waals surface area contributed by atoms with E-state index in [9.17, 15) is 9.59 Å². The molecule has 31 heavy (non-hydrogen) atoms. The number of carbonyl (C=O) groups excluding carboxylic acids is 2. The van der Waals surface area contributed by atoms with Crippen LogP contribution in [-0.2, 0) is 11.8 Å². The quantitative estimate of drug-likeness (QED) is 0.523. The van der Waals surface area contributed by atoms with Gasteiger partial charge in [-0.25, -0.2) is 4.79 Å². The molecule has 0 saturated heterocycles. The van der Waals surface area contributed by atoms with Gasteiger partial charge in [0.15, 0.2) is 5.78 Å². The van der Waals surface area contributed by atoms with Gasteiger partial charge in [-0.1, -0.05) is 13.8 Å². The SMILES string of the molecule is CCC(C)c1cc(C(=O)CNc2cc([C@H]3CC[C@@H](OC(=O)NC(C)C)C3)[nH]n2)n(C)n1. The topological polar surface area (TPSA) is 114 Å². The molecule has 2 heterocycles. The van der Waals surface area contributed by atoms with Gasteiger partial charge in [-0.15, -0.1) is 0 Å². The Morgan fingerprint density at radius 3 is 2.77 bits per heavy atom. The molecular weight excluding hydrogens is 396 g/mol. The number of carbonyl (C=O) groups is 2. The van der Waals surface area contributed by atoms with Gasteiger partial charge in [-0.05, 0) is 51.5 Å². The summed E-state index contributed by atoms with van der Waals surface area (Å²) in [6.45, 7) is 8.17. The van der Waals surface area contributed by atoms with Gasteiger partial charge in [-0.3, -0.25) is 14.6 Å². The van der Waals surface area contributed by atoms with Crippen molar-refractivity contribution in [1.82, 2.24) is 25.3 Å². The fourth-order valence-corrected chi connectivity index (χ4v) is 3.85. The number of aromatic nitrogens is 4. The second-order valence-corrected chi connectivity index (χ2v) is 8.71. The number of hydrogen-bond acceptors (Lipinski definition) is 6. The minimum Gasteiger partial charge on any atom is -0.446 e. The van der Waals surface area contributed by atoms with Crippen molar-refractivity contribution in [3.63, 3.8) is 0 Å². The molecule has 0 spiro atoms. The summed E-state index contributed by atoms with van der Waals surface area (Å²) in [5.41, 5.74) is 2.52. The van der Waals surface area contributed by atoms with Crippen LogP contribution >= 0.6 is 0 Å². The van der Waals surface area contributed by atoms with Crippen molar-refractivity contribution in [3.8, 4) is 0 Å². The van der Waals surface area contributed by atoms with Crippen LogP contribution in [0.25, 0.3) is 0 Å². The average Bonchev–Trinajstić information content (AvgIpc) is 3.44. The summed E-state index contributed by atoms with van der Waals surface area (Å²) >= 11 is 0. The molecule has 0 aliphatic heterocycles. The third-order valence-electron chi connectivity index (χ3n) is 5.83. The molecule has 0 bridgehead atoms. The first-order chi connectivity index (χ1) is 14.8. The predicted molar refractivity (Wildman–Crippen MR) is 118 cm³/mol. The maximum Gasteiger partial charge on any atom is 0.407 e. The Bertz CT molecular complexity index is 903. The molecule has 2 aromatic rings. The summed E-state index contributed by atoms with van der Waals surface area (Å²) < 4.78 is 7.14. The summed E-state index contributed by atoms with van der Waals surface area (Å²) in [7, 11) is 1.80. The number of nitrogens with zero attached hydrogens (tertiary/aromatic N) is 3. The van der Waals surface area contributed by atoms with Crippen LogP contribution in [0.1, 0.15) is 87.1 Å². The van der Waals surface area contributed by atoms with Gasteiger partial charge in [0.25, 0.3) is 0 Å². The smallest absolute Gasteiger partial charge is 0.407 e. The van der Waals surface area contributed by atoms with Crippen LogP contribution in [0.2, 0.25) is 0 Å². The van der Waals surface area contributed by atoms with Crippen molar-refractivity contribution in [1.29, 1.82) is 0 Å². The van der Waals surface area contributed by atoms with Crippen molar-refractivity contribution in [2.24, 2.45) is 7.05 Å². The zero-order chi connectivity index (χ0) is 22.5. The fraction of sp³-hybridized carbons (Fsp3) is 0.636. The number of amides is 1. The third-order valence-corrected chi connectivity index (χ3v) is 5.83. The molecule has 1 aliphatic rings.